The third kappa shape index (κ3) is 5.93. The molecule has 2 amide bonds. The van der Waals surface area contributed by atoms with Gasteiger partial charge in [0.1, 0.15) is 5.70 Å². The van der Waals surface area contributed by atoms with Gasteiger partial charge < -0.3 is 25.5 Å². The number of hydrogen-bond acceptors (Lipinski definition) is 7. The van der Waals surface area contributed by atoms with E-state index in [1.54, 1.807) is 11.8 Å². The van der Waals surface area contributed by atoms with Gasteiger partial charge in [0.05, 0.1) is 35.2 Å². The second kappa shape index (κ2) is 11.9. The van der Waals surface area contributed by atoms with Crippen molar-refractivity contribution >= 4 is 41.2 Å². The Labute approximate surface area is 254 Å². The van der Waals surface area contributed by atoms with Crippen LogP contribution in [0.1, 0.15) is 41.8 Å². The molecular weight excluding hydrogens is 603 g/mol. The molecule has 0 aliphatic carbocycles. The molecule has 6 atom stereocenters. The zero-order valence-corrected chi connectivity index (χ0v) is 24.4. The lowest BCUT2D eigenvalue weighted by molar-refractivity contribution is -0.163. The fourth-order valence-corrected chi connectivity index (χ4v) is 7.80. The minimum Gasteiger partial charge on any atom is -0.478 e. The average Bonchev–Trinajstić information content (AvgIpc) is 3.45. The van der Waals surface area contributed by atoms with Crippen LogP contribution in [0.2, 0.25) is 0 Å². The summed E-state index contributed by atoms with van der Waals surface area (Å²) in [5.74, 6) is -4.46. The van der Waals surface area contributed by atoms with E-state index in [0.29, 0.717) is 10.5 Å². The van der Waals surface area contributed by atoms with Gasteiger partial charge in [0.2, 0.25) is 11.8 Å². The van der Waals surface area contributed by atoms with Crippen LogP contribution in [0.25, 0.3) is 0 Å². The van der Waals surface area contributed by atoms with Crippen molar-refractivity contribution in [3.63, 3.8) is 0 Å². The number of likely N-dealkylation sites (tertiary alicyclic amines) is 1. The molecule has 14 heteroatoms. The van der Waals surface area contributed by atoms with Crippen molar-refractivity contribution in [2.45, 2.75) is 56.4 Å². The number of carboxylic acid groups (broad SMARTS) is 2. The number of aromatic carboxylic acids is 1. The largest absolute Gasteiger partial charge is 0.478 e. The van der Waals surface area contributed by atoms with E-state index >= 15 is 0 Å². The summed E-state index contributed by atoms with van der Waals surface area (Å²) < 4.78 is 39.3. The maximum absolute atomic E-state index is 13.5. The second-order valence-corrected chi connectivity index (χ2v) is 12.6. The monoisotopic (exact) mass is 633 g/mol. The Morgan fingerprint density at radius 1 is 1.09 bits per heavy atom. The molecule has 0 unspecified atom stereocenters. The first-order valence-corrected chi connectivity index (χ1v) is 14.7. The summed E-state index contributed by atoms with van der Waals surface area (Å²) in [7, 11) is 0. The first kappa shape index (κ1) is 31.5. The molecule has 2 aromatic rings. The summed E-state index contributed by atoms with van der Waals surface area (Å²) in [5, 5.41) is 31.9. The molecule has 2 fully saturated rings. The highest BCUT2D eigenvalue weighted by Crippen LogP contribution is 2.52. The summed E-state index contributed by atoms with van der Waals surface area (Å²) in [6.07, 6.45) is -5.21. The minimum absolute atomic E-state index is 0.0256. The SMILES string of the molecule is C[C@@H](O)[C@H]1C(=O)N2C(C(=O)O)=C(S[C@H]3C[C@@H](C(=O)Nc4cccc(C(=O)O)c4)N(Cc4ccc(C(F)(F)F)cc4)C3)[C@H](C)[C@H]12. The van der Waals surface area contributed by atoms with Crippen LogP contribution in [0, 0.1) is 11.8 Å². The number of hydrogen-bond donors (Lipinski definition) is 4. The van der Waals surface area contributed by atoms with Gasteiger partial charge >= 0.3 is 18.1 Å². The minimum atomic E-state index is -4.50. The molecule has 0 saturated carbocycles. The summed E-state index contributed by atoms with van der Waals surface area (Å²) in [4.78, 5) is 53.4. The van der Waals surface area contributed by atoms with E-state index in [1.165, 1.54) is 60.0 Å². The highest BCUT2D eigenvalue weighted by Gasteiger charge is 2.60. The van der Waals surface area contributed by atoms with Crippen LogP contribution < -0.4 is 5.32 Å². The van der Waals surface area contributed by atoms with E-state index < -0.39 is 59.6 Å². The van der Waals surface area contributed by atoms with E-state index in [0.717, 1.165) is 12.1 Å². The number of nitrogens with zero attached hydrogens (tertiary/aromatic N) is 2. The van der Waals surface area contributed by atoms with Crippen LogP contribution in [0.5, 0.6) is 0 Å². The summed E-state index contributed by atoms with van der Waals surface area (Å²) in [6, 6.07) is 9.04. The van der Waals surface area contributed by atoms with Gasteiger partial charge in [0, 0.05) is 34.8 Å². The van der Waals surface area contributed by atoms with Gasteiger partial charge in [0.25, 0.3) is 0 Å². The van der Waals surface area contributed by atoms with Crippen molar-refractivity contribution in [3.8, 4) is 0 Å². The molecule has 3 aliphatic rings. The molecule has 2 aromatic carbocycles. The number of carbonyl (C=O) groups is 4. The zero-order valence-electron chi connectivity index (χ0n) is 23.6. The van der Waals surface area contributed by atoms with Crippen molar-refractivity contribution < 1.29 is 47.7 Å². The van der Waals surface area contributed by atoms with E-state index in [9.17, 15) is 47.7 Å². The number of fused-ring (bicyclic) bond motifs is 1. The van der Waals surface area contributed by atoms with Crippen molar-refractivity contribution in [2.75, 3.05) is 11.9 Å². The predicted octanol–water partition coefficient (Wildman–Crippen LogP) is 3.87. The number of carboxylic acids is 2. The highest BCUT2D eigenvalue weighted by molar-refractivity contribution is 8.03. The molecule has 0 spiro atoms. The highest BCUT2D eigenvalue weighted by atomic mass is 32.2. The van der Waals surface area contributed by atoms with Gasteiger partial charge in [-0.2, -0.15) is 13.2 Å². The topological polar surface area (TPSA) is 147 Å². The van der Waals surface area contributed by atoms with Gasteiger partial charge in [-0.3, -0.25) is 14.5 Å². The first-order chi connectivity index (χ1) is 20.7. The average molecular weight is 634 g/mol. The number of benzene rings is 2. The molecule has 0 radical (unpaired) electrons. The number of β-lactam (4-membered cyclic amide) rings is 1. The number of rotatable bonds is 9. The number of anilines is 1. The van der Waals surface area contributed by atoms with E-state index in [-0.39, 0.29) is 47.6 Å². The molecule has 2 saturated heterocycles. The van der Waals surface area contributed by atoms with Crippen LogP contribution in [0.4, 0.5) is 18.9 Å². The molecule has 4 N–H and O–H groups in total. The standard InChI is InChI=1S/C30H30F3N3O7S/c1-14-23-22(15(2)37)27(39)36(23)24(29(42)43)25(14)44-20-11-21(26(38)34-19-5-3-4-17(10-19)28(40)41)35(13-20)12-16-6-8-18(9-7-16)30(31,32)33/h3-10,14-15,20-23,37H,11-13H2,1-2H3,(H,34,38)(H,40,41)(H,42,43)/t14-,15-,20+,21+,22-,23-/m1/s1. The zero-order chi connectivity index (χ0) is 32.1. The molecule has 0 aromatic heterocycles. The van der Waals surface area contributed by atoms with Crippen LogP contribution in [-0.2, 0) is 27.1 Å². The molecular formula is C30H30F3N3O7S. The number of aliphatic hydroxyl groups excluding tert-OH is 1. The number of carbonyl (C=O) groups excluding carboxylic acids is 2. The van der Waals surface area contributed by atoms with Gasteiger partial charge in [0.15, 0.2) is 0 Å². The number of nitrogens with one attached hydrogen (secondary N) is 1. The fourth-order valence-electron chi connectivity index (χ4n) is 6.24. The Bertz CT molecular complexity index is 1530. The Hall–Kier alpha value is -3.88. The van der Waals surface area contributed by atoms with Gasteiger partial charge in [-0.15, -0.1) is 11.8 Å². The third-order valence-corrected chi connectivity index (χ3v) is 9.81. The third-order valence-electron chi connectivity index (χ3n) is 8.32. The van der Waals surface area contributed by atoms with Gasteiger partial charge in [-0.1, -0.05) is 25.1 Å². The quantitative estimate of drug-likeness (QED) is 0.302. The number of alkyl halides is 3. The lowest BCUT2D eigenvalue weighted by atomic mass is 9.79. The van der Waals surface area contributed by atoms with Gasteiger partial charge in [-0.05, 0) is 49.2 Å². The molecule has 44 heavy (non-hydrogen) atoms. The van der Waals surface area contributed by atoms with Crippen LogP contribution in [0.3, 0.4) is 0 Å². The van der Waals surface area contributed by atoms with Crippen molar-refractivity contribution in [1.29, 1.82) is 0 Å². The lowest BCUT2D eigenvalue weighted by Gasteiger charge is -2.46. The van der Waals surface area contributed by atoms with Crippen molar-refractivity contribution in [2.24, 2.45) is 11.8 Å². The van der Waals surface area contributed by atoms with Crippen LogP contribution >= 0.6 is 11.8 Å². The van der Waals surface area contributed by atoms with Crippen LogP contribution in [-0.4, -0.2) is 78.9 Å². The molecule has 3 heterocycles. The number of halogens is 3. The Kier molecular flexibility index (Phi) is 8.53. The second-order valence-electron chi connectivity index (χ2n) is 11.3. The lowest BCUT2D eigenvalue weighted by Crippen LogP contribution is -2.63. The Balaban J connectivity index is 1.40. The summed E-state index contributed by atoms with van der Waals surface area (Å²) in [6.45, 7) is 3.69. The van der Waals surface area contributed by atoms with Crippen molar-refractivity contribution in [1.82, 2.24) is 9.80 Å². The normalized spacial score (nSPS) is 25.9. The summed E-state index contributed by atoms with van der Waals surface area (Å²) >= 11 is 1.25. The molecule has 5 rings (SSSR count). The predicted molar refractivity (Wildman–Crippen MR) is 153 cm³/mol. The van der Waals surface area contributed by atoms with Crippen LogP contribution in [0.15, 0.2) is 59.1 Å². The summed E-state index contributed by atoms with van der Waals surface area (Å²) in [5.41, 5.74) is -0.178. The number of aliphatic hydroxyl groups is 1. The first-order valence-electron chi connectivity index (χ1n) is 13.9. The van der Waals surface area contributed by atoms with E-state index in [2.05, 4.69) is 5.32 Å². The maximum atomic E-state index is 13.5. The molecule has 234 valence electrons. The fraction of sp³-hybridized carbons (Fsp3) is 0.400. The Morgan fingerprint density at radius 2 is 1.77 bits per heavy atom. The number of thioether (sulfide) groups is 1. The smallest absolute Gasteiger partial charge is 0.416 e. The van der Waals surface area contributed by atoms with E-state index in [1.807, 2.05) is 0 Å². The molecule has 0 bridgehead atoms. The molecule has 3 aliphatic heterocycles. The Morgan fingerprint density at radius 3 is 2.36 bits per heavy atom. The maximum Gasteiger partial charge on any atom is 0.416 e. The van der Waals surface area contributed by atoms with Gasteiger partial charge in [-0.25, -0.2) is 9.59 Å². The number of amides is 2. The molecule has 10 nitrogen and oxygen atoms in total. The van der Waals surface area contributed by atoms with Crippen molar-refractivity contribution in [3.05, 3.63) is 75.8 Å². The van der Waals surface area contributed by atoms with E-state index in [4.69, 9.17) is 0 Å². The number of aliphatic carboxylic acids is 1.